The van der Waals surface area contributed by atoms with Crippen molar-refractivity contribution in [1.29, 1.82) is 0 Å². The summed E-state index contributed by atoms with van der Waals surface area (Å²) in [7, 11) is 0. The van der Waals surface area contributed by atoms with Gasteiger partial charge in [0.05, 0.1) is 5.75 Å². The Balaban J connectivity index is 1.49. The highest BCUT2D eigenvalue weighted by atomic mass is 35.5. The van der Waals surface area contributed by atoms with Gasteiger partial charge in [0.1, 0.15) is 5.37 Å². The lowest BCUT2D eigenvalue weighted by atomic mass is 10.1. The number of hydrogen-bond donors (Lipinski definition) is 1. The maximum absolute atomic E-state index is 12.6. The van der Waals surface area contributed by atoms with Gasteiger partial charge in [-0.1, -0.05) is 60.1 Å². The summed E-state index contributed by atoms with van der Waals surface area (Å²) in [5, 5.41) is 3.48. The minimum absolute atomic E-state index is 0.0509. The summed E-state index contributed by atoms with van der Waals surface area (Å²) in [6.45, 7) is 2.45. The number of halogens is 1. The molecule has 1 saturated heterocycles. The van der Waals surface area contributed by atoms with Crippen LogP contribution in [0.5, 0.6) is 0 Å². The Hall–Kier alpha value is -2.76. The predicted octanol–water partition coefficient (Wildman–Crippen LogP) is 5.67. The lowest BCUT2D eigenvalue weighted by Gasteiger charge is -2.24. The van der Waals surface area contributed by atoms with Crippen molar-refractivity contribution in [3.63, 3.8) is 0 Å². The minimum Gasteiger partial charge on any atom is -0.322 e. The van der Waals surface area contributed by atoms with Crippen LogP contribution in [0.2, 0.25) is 5.02 Å². The van der Waals surface area contributed by atoms with E-state index in [-0.39, 0.29) is 17.2 Å². The third kappa shape index (κ3) is 4.37. The molecule has 0 aliphatic carbocycles. The van der Waals surface area contributed by atoms with Crippen LogP contribution in [0.3, 0.4) is 0 Å². The van der Waals surface area contributed by atoms with Gasteiger partial charge in [-0.3, -0.25) is 9.59 Å². The van der Waals surface area contributed by atoms with Crippen LogP contribution in [0, 0.1) is 6.92 Å². The van der Waals surface area contributed by atoms with E-state index in [4.69, 9.17) is 11.6 Å². The molecule has 4 rings (SSSR count). The first kappa shape index (κ1) is 20.5. The van der Waals surface area contributed by atoms with E-state index >= 15 is 0 Å². The van der Waals surface area contributed by atoms with Crippen LogP contribution in [-0.4, -0.2) is 22.5 Å². The van der Waals surface area contributed by atoms with E-state index in [0.717, 1.165) is 16.7 Å². The van der Waals surface area contributed by atoms with Crippen molar-refractivity contribution in [2.75, 3.05) is 11.1 Å². The zero-order chi connectivity index (χ0) is 21.1. The van der Waals surface area contributed by atoms with Crippen LogP contribution in [0.25, 0.3) is 0 Å². The third-order valence-corrected chi connectivity index (χ3v) is 6.80. The van der Waals surface area contributed by atoms with Gasteiger partial charge in [-0.25, -0.2) is 0 Å². The van der Waals surface area contributed by atoms with Gasteiger partial charge in [-0.2, -0.15) is 0 Å². The number of carbonyl (C=O) groups excluding carboxylic acids is 2. The number of anilines is 1. The number of rotatable bonds is 5. The molecule has 6 heteroatoms. The first-order valence-corrected chi connectivity index (χ1v) is 11.1. The van der Waals surface area contributed by atoms with Gasteiger partial charge in [0.2, 0.25) is 5.91 Å². The van der Waals surface area contributed by atoms with Crippen LogP contribution in [0.4, 0.5) is 5.69 Å². The Morgan fingerprint density at radius 3 is 2.53 bits per heavy atom. The molecular formula is C24H21ClN2O2S. The fraction of sp³-hybridized carbons (Fsp3) is 0.167. The van der Waals surface area contributed by atoms with Crippen LogP contribution in [0.1, 0.15) is 32.4 Å². The summed E-state index contributed by atoms with van der Waals surface area (Å²) in [5.41, 5.74) is 4.20. The van der Waals surface area contributed by atoms with E-state index in [0.29, 0.717) is 28.6 Å². The predicted molar refractivity (Wildman–Crippen MR) is 123 cm³/mol. The molecule has 3 aromatic rings. The standard InChI is InChI=1S/C24H21ClN2O2S/c1-16-20(25)8-5-9-21(16)26-23(29)18-10-12-19(13-11-18)24-27(22(28)15-30-24)14-17-6-3-2-4-7-17/h2-13,24H,14-15H2,1H3,(H,26,29). The molecule has 30 heavy (non-hydrogen) atoms. The molecule has 1 aliphatic rings. The van der Waals surface area contributed by atoms with Gasteiger partial charge < -0.3 is 10.2 Å². The zero-order valence-electron chi connectivity index (χ0n) is 16.5. The summed E-state index contributed by atoms with van der Waals surface area (Å²) in [6.07, 6.45) is 0. The molecule has 0 spiro atoms. The van der Waals surface area contributed by atoms with E-state index < -0.39 is 0 Å². The average Bonchev–Trinajstić information content (AvgIpc) is 3.12. The second kappa shape index (κ2) is 8.94. The van der Waals surface area contributed by atoms with E-state index in [1.807, 2.05) is 66.4 Å². The molecule has 4 nitrogen and oxygen atoms in total. The average molecular weight is 437 g/mol. The molecular weight excluding hydrogens is 416 g/mol. The van der Waals surface area contributed by atoms with Gasteiger partial charge in [-0.15, -0.1) is 11.8 Å². The number of hydrogen-bond acceptors (Lipinski definition) is 3. The maximum Gasteiger partial charge on any atom is 0.255 e. The third-order valence-electron chi connectivity index (χ3n) is 5.14. The molecule has 1 heterocycles. The fourth-order valence-corrected chi connectivity index (χ4v) is 4.78. The van der Waals surface area contributed by atoms with Crippen molar-refractivity contribution in [2.45, 2.75) is 18.8 Å². The van der Waals surface area contributed by atoms with Gasteiger partial charge in [-0.05, 0) is 47.9 Å². The van der Waals surface area contributed by atoms with Gasteiger partial charge in [0, 0.05) is 22.8 Å². The summed E-state index contributed by atoms with van der Waals surface area (Å²) in [5.74, 6) is 0.406. The molecule has 2 amide bonds. The van der Waals surface area contributed by atoms with Gasteiger partial charge in [0.25, 0.3) is 5.91 Å². The first-order chi connectivity index (χ1) is 14.5. The molecule has 1 fully saturated rings. The second-order valence-corrected chi connectivity index (χ2v) is 8.63. The van der Waals surface area contributed by atoms with Crippen molar-refractivity contribution >= 4 is 40.9 Å². The van der Waals surface area contributed by atoms with Crippen molar-refractivity contribution in [3.8, 4) is 0 Å². The molecule has 3 aromatic carbocycles. The highest BCUT2D eigenvalue weighted by molar-refractivity contribution is 8.00. The monoisotopic (exact) mass is 436 g/mol. The van der Waals surface area contributed by atoms with Gasteiger partial charge >= 0.3 is 0 Å². The molecule has 1 unspecified atom stereocenters. The Bertz CT molecular complexity index is 1070. The van der Waals surface area contributed by atoms with E-state index in [1.165, 1.54) is 0 Å². The zero-order valence-corrected chi connectivity index (χ0v) is 18.0. The van der Waals surface area contributed by atoms with E-state index in [9.17, 15) is 9.59 Å². The lowest BCUT2D eigenvalue weighted by Crippen LogP contribution is -2.27. The summed E-state index contributed by atoms with van der Waals surface area (Å²) >= 11 is 7.75. The molecule has 152 valence electrons. The normalized spacial score (nSPS) is 16.0. The number of benzene rings is 3. The topological polar surface area (TPSA) is 49.4 Å². The van der Waals surface area contributed by atoms with Crippen molar-refractivity contribution < 1.29 is 9.59 Å². The van der Waals surface area contributed by atoms with Gasteiger partial charge in [0.15, 0.2) is 0 Å². The Kier molecular flexibility index (Phi) is 6.11. The molecule has 0 radical (unpaired) electrons. The number of thioether (sulfide) groups is 1. The Morgan fingerprint density at radius 1 is 1.07 bits per heavy atom. The quantitative estimate of drug-likeness (QED) is 0.560. The first-order valence-electron chi connectivity index (χ1n) is 9.64. The smallest absolute Gasteiger partial charge is 0.255 e. The highest BCUT2D eigenvalue weighted by Gasteiger charge is 2.32. The number of carbonyl (C=O) groups is 2. The summed E-state index contributed by atoms with van der Waals surface area (Å²) in [4.78, 5) is 27.0. The number of nitrogens with one attached hydrogen (secondary N) is 1. The second-order valence-electron chi connectivity index (χ2n) is 7.16. The van der Waals surface area contributed by atoms with Crippen molar-refractivity contribution in [1.82, 2.24) is 4.90 Å². The molecule has 1 aliphatic heterocycles. The van der Waals surface area contributed by atoms with E-state index in [1.54, 1.807) is 30.0 Å². The maximum atomic E-state index is 12.6. The highest BCUT2D eigenvalue weighted by Crippen LogP contribution is 2.39. The fourth-order valence-electron chi connectivity index (χ4n) is 3.42. The molecule has 1 atom stereocenters. The SMILES string of the molecule is Cc1c(Cl)cccc1NC(=O)c1ccc(C2SCC(=O)N2Cc2ccccc2)cc1. The van der Waals surface area contributed by atoms with Crippen molar-refractivity contribution in [3.05, 3.63) is 100 Å². The summed E-state index contributed by atoms with van der Waals surface area (Å²) in [6, 6.07) is 22.9. The van der Waals surface area contributed by atoms with E-state index in [2.05, 4.69) is 5.32 Å². The molecule has 1 N–H and O–H groups in total. The molecule has 0 saturated carbocycles. The van der Waals surface area contributed by atoms with Crippen molar-refractivity contribution in [2.24, 2.45) is 0 Å². The van der Waals surface area contributed by atoms with Crippen LogP contribution < -0.4 is 5.32 Å². The molecule has 0 bridgehead atoms. The Labute approximate surface area is 185 Å². The lowest BCUT2D eigenvalue weighted by molar-refractivity contribution is -0.128. The van der Waals surface area contributed by atoms with Crippen LogP contribution in [0.15, 0.2) is 72.8 Å². The molecule has 0 aromatic heterocycles. The Morgan fingerprint density at radius 2 is 1.80 bits per heavy atom. The number of amides is 2. The van der Waals surface area contributed by atoms with Crippen LogP contribution >= 0.6 is 23.4 Å². The largest absolute Gasteiger partial charge is 0.322 e. The number of nitrogens with zero attached hydrogens (tertiary/aromatic N) is 1. The summed E-state index contributed by atoms with van der Waals surface area (Å²) < 4.78 is 0. The minimum atomic E-state index is -0.191. The van der Waals surface area contributed by atoms with Crippen LogP contribution in [-0.2, 0) is 11.3 Å².